The molecule has 82 valence electrons. The zero-order valence-electron chi connectivity index (χ0n) is 9.45. The van der Waals surface area contributed by atoms with E-state index in [1.165, 1.54) is 19.3 Å². The lowest BCUT2D eigenvalue weighted by Gasteiger charge is -2.28. The van der Waals surface area contributed by atoms with Crippen LogP contribution in [0.25, 0.3) is 0 Å². The molecule has 0 bridgehead atoms. The van der Waals surface area contributed by atoms with Gasteiger partial charge in [-0.1, -0.05) is 0 Å². The molecule has 1 aliphatic heterocycles. The first kappa shape index (κ1) is 10.2. The van der Waals surface area contributed by atoms with Crippen molar-refractivity contribution in [1.29, 1.82) is 0 Å². The van der Waals surface area contributed by atoms with Crippen LogP contribution < -0.4 is 10.2 Å². The van der Waals surface area contributed by atoms with Crippen LogP contribution in [-0.2, 0) is 0 Å². The van der Waals surface area contributed by atoms with E-state index in [0.29, 0.717) is 0 Å². The lowest BCUT2D eigenvalue weighted by molar-refractivity contribution is 0.573. The molecule has 0 spiro atoms. The summed E-state index contributed by atoms with van der Waals surface area (Å²) in [6, 6.07) is 2.06. The number of anilines is 2. The first-order valence-corrected chi connectivity index (χ1v) is 5.58. The lowest BCUT2D eigenvalue weighted by atomic mass is 10.1. The van der Waals surface area contributed by atoms with Gasteiger partial charge in [0.25, 0.3) is 0 Å². The summed E-state index contributed by atoms with van der Waals surface area (Å²) in [6.45, 7) is 4.26. The van der Waals surface area contributed by atoms with Crippen LogP contribution in [0.1, 0.15) is 25.0 Å². The molecule has 2 rings (SSSR count). The maximum Gasteiger partial charge on any atom is 0.224 e. The fourth-order valence-corrected chi connectivity index (χ4v) is 1.95. The van der Waals surface area contributed by atoms with Gasteiger partial charge in [-0.25, -0.2) is 4.98 Å². The number of piperidine rings is 1. The van der Waals surface area contributed by atoms with Crippen molar-refractivity contribution in [1.82, 2.24) is 9.97 Å². The Morgan fingerprint density at radius 2 is 1.93 bits per heavy atom. The van der Waals surface area contributed by atoms with Crippen molar-refractivity contribution in [3.05, 3.63) is 11.8 Å². The molecule has 0 amide bonds. The van der Waals surface area contributed by atoms with Crippen LogP contribution in [0.3, 0.4) is 0 Å². The maximum absolute atomic E-state index is 4.48. The third-order valence-corrected chi connectivity index (χ3v) is 2.74. The quantitative estimate of drug-likeness (QED) is 0.801. The number of rotatable bonds is 2. The third-order valence-electron chi connectivity index (χ3n) is 2.74. The molecular weight excluding hydrogens is 188 g/mol. The maximum atomic E-state index is 4.48. The Balaban J connectivity index is 2.22. The standard InChI is InChI=1S/C11H18N4/c1-9-8-10(14-11(12-2)13-9)15-6-4-3-5-7-15/h8H,3-7H2,1-2H3,(H,12,13,14). The highest BCUT2D eigenvalue weighted by atomic mass is 15.2. The Labute approximate surface area is 90.7 Å². The van der Waals surface area contributed by atoms with Gasteiger partial charge in [0.1, 0.15) is 5.82 Å². The highest BCUT2D eigenvalue weighted by Crippen LogP contribution is 2.19. The second kappa shape index (κ2) is 4.47. The summed E-state index contributed by atoms with van der Waals surface area (Å²) in [5.74, 6) is 1.78. The summed E-state index contributed by atoms with van der Waals surface area (Å²) in [5, 5.41) is 3.00. The van der Waals surface area contributed by atoms with Gasteiger partial charge in [-0.05, 0) is 26.2 Å². The van der Waals surface area contributed by atoms with Crippen molar-refractivity contribution in [3.8, 4) is 0 Å². The van der Waals surface area contributed by atoms with Gasteiger partial charge in [0.2, 0.25) is 5.95 Å². The van der Waals surface area contributed by atoms with Crippen LogP contribution in [0, 0.1) is 6.92 Å². The van der Waals surface area contributed by atoms with E-state index in [1.54, 1.807) is 0 Å². The number of nitrogens with one attached hydrogen (secondary N) is 1. The molecule has 1 fully saturated rings. The molecule has 1 aliphatic rings. The Morgan fingerprint density at radius 1 is 1.20 bits per heavy atom. The van der Waals surface area contributed by atoms with Crippen molar-refractivity contribution in [3.63, 3.8) is 0 Å². The van der Waals surface area contributed by atoms with E-state index in [2.05, 4.69) is 26.3 Å². The summed E-state index contributed by atoms with van der Waals surface area (Å²) in [6.07, 6.45) is 3.90. The minimum Gasteiger partial charge on any atom is -0.357 e. The second-order valence-electron chi connectivity index (χ2n) is 3.99. The number of hydrogen-bond donors (Lipinski definition) is 1. The Morgan fingerprint density at radius 3 is 2.60 bits per heavy atom. The topological polar surface area (TPSA) is 41.1 Å². The highest BCUT2D eigenvalue weighted by Gasteiger charge is 2.13. The van der Waals surface area contributed by atoms with Gasteiger partial charge in [-0.3, -0.25) is 0 Å². The van der Waals surface area contributed by atoms with Gasteiger partial charge < -0.3 is 10.2 Å². The van der Waals surface area contributed by atoms with Crippen LogP contribution in [0.4, 0.5) is 11.8 Å². The summed E-state index contributed by atoms with van der Waals surface area (Å²) in [4.78, 5) is 11.1. The van der Waals surface area contributed by atoms with Gasteiger partial charge in [-0.15, -0.1) is 0 Å². The number of hydrogen-bond acceptors (Lipinski definition) is 4. The molecule has 0 aromatic carbocycles. The van der Waals surface area contributed by atoms with Gasteiger partial charge in [-0.2, -0.15) is 4.98 Å². The largest absolute Gasteiger partial charge is 0.357 e. The molecule has 0 atom stereocenters. The lowest BCUT2D eigenvalue weighted by Crippen LogP contribution is -2.30. The summed E-state index contributed by atoms with van der Waals surface area (Å²) in [7, 11) is 1.86. The predicted molar refractivity (Wildman–Crippen MR) is 62.4 cm³/mol. The molecule has 0 saturated carbocycles. The Bertz CT molecular complexity index is 331. The van der Waals surface area contributed by atoms with Crippen molar-refractivity contribution in [2.24, 2.45) is 0 Å². The average Bonchev–Trinajstić information content (AvgIpc) is 2.29. The van der Waals surface area contributed by atoms with E-state index in [-0.39, 0.29) is 0 Å². The van der Waals surface area contributed by atoms with Crippen molar-refractivity contribution in [2.75, 3.05) is 30.4 Å². The third kappa shape index (κ3) is 2.37. The Hall–Kier alpha value is -1.32. The smallest absolute Gasteiger partial charge is 0.224 e. The molecule has 15 heavy (non-hydrogen) atoms. The van der Waals surface area contributed by atoms with E-state index in [1.807, 2.05) is 14.0 Å². The molecule has 0 aliphatic carbocycles. The number of nitrogens with zero attached hydrogens (tertiary/aromatic N) is 3. The summed E-state index contributed by atoms with van der Waals surface area (Å²) in [5.41, 5.74) is 1.02. The molecule has 0 unspecified atom stereocenters. The molecule has 2 heterocycles. The number of aryl methyl sites for hydroxylation is 1. The SMILES string of the molecule is CNc1nc(C)cc(N2CCCCC2)n1. The van der Waals surface area contributed by atoms with Crippen molar-refractivity contribution < 1.29 is 0 Å². The van der Waals surface area contributed by atoms with E-state index in [4.69, 9.17) is 0 Å². The van der Waals surface area contributed by atoms with E-state index >= 15 is 0 Å². The van der Waals surface area contributed by atoms with E-state index < -0.39 is 0 Å². The minimum atomic E-state index is 0.718. The first-order valence-electron chi connectivity index (χ1n) is 5.58. The van der Waals surface area contributed by atoms with Crippen molar-refractivity contribution in [2.45, 2.75) is 26.2 Å². The van der Waals surface area contributed by atoms with Crippen LogP contribution in [-0.4, -0.2) is 30.1 Å². The number of aromatic nitrogens is 2. The van der Waals surface area contributed by atoms with Crippen LogP contribution >= 0.6 is 0 Å². The Kier molecular flexibility index (Phi) is 3.04. The van der Waals surface area contributed by atoms with E-state index in [9.17, 15) is 0 Å². The van der Waals surface area contributed by atoms with Gasteiger partial charge >= 0.3 is 0 Å². The zero-order valence-corrected chi connectivity index (χ0v) is 9.45. The molecule has 1 aromatic heterocycles. The fourth-order valence-electron chi connectivity index (χ4n) is 1.95. The molecule has 1 N–H and O–H groups in total. The van der Waals surface area contributed by atoms with Gasteiger partial charge in [0.15, 0.2) is 0 Å². The van der Waals surface area contributed by atoms with E-state index in [0.717, 1.165) is 30.5 Å². The van der Waals surface area contributed by atoms with Gasteiger partial charge in [0, 0.05) is 31.9 Å². The predicted octanol–water partition coefficient (Wildman–Crippen LogP) is 1.82. The summed E-state index contributed by atoms with van der Waals surface area (Å²) < 4.78 is 0. The fraction of sp³-hybridized carbons (Fsp3) is 0.636. The first-order chi connectivity index (χ1) is 7.29. The average molecular weight is 206 g/mol. The monoisotopic (exact) mass is 206 g/mol. The second-order valence-corrected chi connectivity index (χ2v) is 3.99. The molecule has 1 aromatic rings. The molecular formula is C11H18N4. The van der Waals surface area contributed by atoms with Gasteiger partial charge in [0.05, 0.1) is 0 Å². The van der Waals surface area contributed by atoms with Crippen molar-refractivity contribution >= 4 is 11.8 Å². The molecule has 1 saturated heterocycles. The van der Waals surface area contributed by atoms with Crippen LogP contribution in [0.15, 0.2) is 6.07 Å². The van der Waals surface area contributed by atoms with Crippen LogP contribution in [0.2, 0.25) is 0 Å². The zero-order chi connectivity index (χ0) is 10.7. The normalized spacial score (nSPS) is 16.5. The highest BCUT2D eigenvalue weighted by molar-refractivity contribution is 5.44. The molecule has 4 heteroatoms. The molecule has 4 nitrogen and oxygen atoms in total. The summed E-state index contributed by atoms with van der Waals surface area (Å²) >= 11 is 0. The van der Waals surface area contributed by atoms with Crippen LogP contribution in [0.5, 0.6) is 0 Å². The minimum absolute atomic E-state index is 0.718. The molecule has 0 radical (unpaired) electrons.